The fourth-order valence-corrected chi connectivity index (χ4v) is 3.20. The number of nitrogens with one attached hydrogen (secondary N) is 3. The number of morpholine rings is 1. The molecular formula is C20H32ClN5O3. The monoisotopic (exact) mass is 425 g/mol. The number of guanidine groups is 1. The lowest BCUT2D eigenvalue weighted by molar-refractivity contribution is -0.0180. The number of amides is 1. The van der Waals surface area contributed by atoms with Gasteiger partial charge in [-0.05, 0) is 26.0 Å². The van der Waals surface area contributed by atoms with E-state index in [-0.39, 0.29) is 12.5 Å². The summed E-state index contributed by atoms with van der Waals surface area (Å²) in [7, 11) is 0. The molecule has 1 amide bonds. The lowest BCUT2D eigenvalue weighted by Crippen LogP contribution is -2.48. The fourth-order valence-electron chi connectivity index (χ4n) is 2.98. The Bertz CT molecular complexity index is 678. The molecule has 0 radical (unpaired) electrons. The van der Waals surface area contributed by atoms with Crippen LogP contribution in [0, 0.1) is 0 Å². The molecule has 1 fully saturated rings. The summed E-state index contributed by atoms with van der Waals surface area (Å²) in [6, 6.07) is 6.94. The van der Waals surface area contributed by atoms with Crippen LogP contribution in [0.2, 0.25) is 5.02 Å². The first kappa shape index (κ1) is 23.4. The number of hydrogen-bond acceptors (Lipinski definition) is 5. The molecule has 9 heteroatoms. The molecule has 29 heavy (non-hydrogen) atoms. The second kappa shape index (κ2) is 12.0. The van der Waals surface area contributed by atoms with Crippen molar-refractivity contribution >= 4 is 23.5 Å². The SMILES string of the molecule is CCNC(=NCC(C)(O)CN1CCOCC1)NCCNC(=O)c1ccccc1Cl. The van der Waals surface area contributed by atoms with Gasteiger partial charge in [0.15, 0.2) is 5.96 Å². The van der Waals surface area contributed by atoms with Gasteiger partial charge < -0.3 is 25.8 Å². The highest BCUT2D eigenvalue weighted by atomic mass is 35.5. The zero-order chi connectivity index (χ0) is 21.1. The quantitative estimate of drug-likeness (QED) is 0.264. The first-order chi connectivity index (χ1) is 13.9. The number of carbonyl (C=O) groups is 1. The number of β-amino-alcohol motifs (C(OH)–C–C–N with tert-alkyl or cyclic N) is 1. The first-order valence-electron chi connectivity index (χ1n) is 9.98. The Morgan fingerprint density at radius 3 is 2.62 bits per heavy atom. The second-order valence-corrected chi connectivity index (χ2v) is 7.65. The molecule has 0 aromatic heterocycles. The summed E-state index contributed by atoms with van der Waals surface area (Å²) in [6.45, 7) is 9.23. The maximum Gasteiger partial charge on any atom is 0.252 e. The van der Waals surface area contributed by atoms with E-state index in [2.05, 4.69) is 25.8 Å². The van der Waals surface area contributed by atoms with Crippen molar-refractivity contribution < 1.29 is 14.6 Å². The molecule has 0 bridgehead atoms. The van der Waals surface area contributed by atoms with Gasteiger partial charge in [0, 0.05) is 39.3 Å². The van der Waals surface area contributed by atoms with Crippen molar-refractivity contribution in [3.8, 4) is 0 Å². The molecule has 1 aliphatic heterocycles. The minimum absolute atomic E-state index is 0.215. The number of halogens is 1. The largest absolute Gasteiger partial charge is 0.387 e. The van der Waals surface area contributed by atoms with Crippen molar-refractivity contribution in [3.63, 3.8) is 0 Å². The summed E-state index contributed by atoms with van der Waals surface area (Å²) in [5, 5.41) is 20.2. The van der Waals surface area contributed by atoms with Gasteiger partial charge >= 0.3 is 0 Å². The van der Waals surface area contributed by atoms with Crippen LogP contribution in [0.5, 0.6) is 0 Å². The predicted octanol–water partition coefficient (Wildman–Crippen LogP) is 0.708. The van der Waals surface area contributed by atoms with Crippen LogP contribution in [0.15, 0.2) is 29.3 Å². The summed E-state index contributed by atoms with van der Waals surface area (Å²) in [5.74, 6) is 0.384. The maximum absolute atomic E-state index is 12.2. The third-order valence-corrected chi connectivity index (χ3v) is 4.74. The van der Waals surface area contributed by atoms with Crippen molar-refractivity contribution in [2.24, 2.45) is 4.99 Å². The molecule has 1 heterocycles. The summed E-state index contributed by atoms with van der Waals surface area (Å²) < 4.78 is 5.34. The zero-order valence-electron chi connectivity index (χ0n) is 17.2. The lowest BCUT2D eigenvalue weighted by Gasteiger charge is -2.33. The van der Waals surface area contributed by atoms with Crippen molar-refractivity contribution in [1.82, 2.24) is 20.9 Å². The Kier molecular flexibility index (Phi) is 9.66. The molecule has 1 aromatic carbocycles. The van der Waals surface area contributed by atoms with E-state index in [4.69, 9.17) is 16.3 Å². The molecule has 2 rings (SSSR count). The van der Waals surface area contributed by atoms with Crippen LogP contribution in [-0.4, -0.2) is 86.5 Å². The molecule has 1 saturated heterocycles. The number of carbonyl (C=O) groups excluding carboxylic acids is 1. The Morgan fingerprint density at radius 2 is 1.93 bits per heavy atom. The maximum atomic E-state index is 12.2. The smallest absolute Gasteiger partial charge is 0.252 e. The van der Waals surface area contributed by atoms with Crippen molar-refractivity contribution in [1.29, 1.82) is 0 Å². The third kappa shape index (κ3) is 8.57. The van der Waals surface area contributed by atoms with E-state index < -0.39 is 5.60 Å². The van der Waals surface area contributed by atoms with Crippen LogP contribution < -0.4 is 16.0 Å². The normalized spacial score (nSPS) is 17.4. The van der Waals surface area contributed by atoms with Gasteiger partial charge in [0.2, 0.25) is 0 Å². The molecular weight excluding hydrogens is 394 g/mol. The molecule has 0 spiro atoms. The van der Waals surface area contributed by atoms with Crippen LogP contribution >= 0.6 is 11.6 Å². The number of ether oxygens (including phenoxy) is 1. The Hall–Kier alpha value is -1.87. The van der Waals surface area contributed by atoms with E-state index in [9.17, 15) is 9.90 Å². The number of benzene rings is 1. The minimum atomic E-state index is -0.933. The summed E-state index contributed by atoms with van der Waals surface area (Å²) in [5.41, 5.74) is -0.480. The molecule has 0 aliphatic carbocycles. The topological polar surface area (TPSA) is 98.2 Å². The van der Waals surface area contributed by atoms with Crippen LogP contribution in [0.4, 0.5) is 0 Å². The molecule has 0 saturated carbocycles. The molecule has 1 aromatic rings. The Labute approximate surface area is 177 Å². The van der Waals surface area contributed by atoms with Gasteiger partial charge in [-0.3, -0.25) is 14.7 Å². The van der Waals surface area contributed by atoms with Gasteiger partial charge in [-0.15, -0.1) is 0 Å². The van der Waals surface area contributed by atoms with Gasteiger partial charge in [-0.25, -0.2) is 0 Å². The van der Waals surface area contributed by atoms with Crippen LogP contribution in [-0.2, 0) is 4.74 Å². The first-order valence-corrected chi connectivity index (χ1v) is 10.4. The highest BCUT2D eigenvalue weighted by Gasteiger charge is 2.25. The van der Waals surface area contributed by atoms with E-state index in [1.165, 1.54) is 0 Å². The van der Waals surface area contributed by atoms with Crippen LogP contribution in [0.1, 0.15) is 24.2 Å². The molecule has 162 valence electrons. The average molecular weight is 426 g/mol. The summed E-state index contributed by atoms with van der Waals surface area (Å²) in [6.07, 6.45) is 0. The number of hydrogen-bond donors (Lipinski definition) is 4. The van der Waals surface area contributed by atoms with E-state index in [1.807, 2.05) is 6.92 Å². The van der Waals surface area contributed by atoms with Gasteiger partial charge in [0.25, 0.3) is 5.91 Å². The van der Waals surface area contributed by atoms with Crippen LogP contribution in [0.3, 0.4) is 0 Å². The van der Waals surface area contributed by atoms with Gasteiger partial charge in [0.1, 0.15) is 0 Å². The van der Waals surface area contributed by atoms with Gasteiger partial charge in [0.05, 0.1) is 35.9 Å². The minimum Gasteiger partial charge on any atom is -0.387 e. The average Bonchev–Trinajstić information content (AvgIpc) is 2.70. The highest BCUT2D eigenvalue weighted by Crippen LogP contribution is 2.14. The standard InChI is InChI=1S/C20H32ClN5O3/c1-3-22-19(25-14-20(2,28)15-26-10-12-29-13-11-26)24-9-8-23-18(27)16-6-4-5-7-17(16)21/h4-7,28H,3,8-15H2,1-2H3,(H,23,27)(H2,22,24,25). The van der Waals surface area contributed by atoms with Crippen molar-refractivity contribution in [2.75, 3.05) is 59.0 Å². The molecule has 8 nitrogen and oxygen atoms in total. The Morgan fingerprint density at radius 1 is 1.24 bits per heavy atom. The van der Waals surface area contributed by atoms with Gasteiger partial charge in [-0.1, -0.05) is 23.7 Å². The number of aliphatic hydroxyl groups is 1. The zero-order valence-corrected chi connectivity index (χ0v) is 18.0. The van der Waals surface area contributed by atoms with Crippen LogP contribution in [0.25, 0.3) is 0 Å². The van der Waals surface area contributed by atoms with Gasteiger partial charge in [-0.2, -0.15) is 0 Å². The second-order valence-electron chi connectivity index (χ2n) is 7.24. The number of rotatable bonds is 9. The molecule has 1 atom stereocenters. The molecule has 1 unspecified atom stereocenters. The lowest BCUT2D eigenvalue weighted by atomic mass is 10.1. The molecule has 1 aliphatic rings. The Balaban J connectivity index is 1.77. The van der Waals surface area contributed by atoms with E-state index in [0.717, 1.165) is 13.1 Å². The number of nitrogens with zero attached hydrogens (tertiary/aromatic N) is 2. The predicted molar refractivity (Wildman–Crippen MR) is 116 cm³/mol. The highest BCUT2D eigenvalue weighted by molar-refractivity contribution is 6.33. The van der Waals surface area contributed by atoms with Crippen molar-refractivity contribution in [2.45, 2.75) is 19.4 Å². The third-order valence-electron chi connectivity index (χ3n) is 4.41. The molecule has 4 N–H and O–H groups in total. The summed E-state index contributed by atoms with van der Waals surface area (Å²) in [4.78, 5) is 18.8. The fraction of sp³-hybridized carbons (Fsp3) is 0.600. The van der Waals surface area contributed by atoms with Crippen molar-refractivity contribution in [3.05, 3.63) is 34.9 Å². The number of aliphatic imine (C=N–C) groups is 1. The summed E-state index contributed by atoms with van der Waals surface area (Å²) >= 11 is 6.04. The van der Waals surface area contributed by atoms with E-state index in [0.29, 0.717) is 55.9 Å². The van der Waals surface area contributed by atoms with E-state index >= 15 is 0 Å². The van der Waals surface area contributed by atoms with E-state index in [1.54, 1.807) is 31.2 Å².